The smallest absolute Gasteiger partial charge is 0.383 e. The molecule has 0 bridgehead atoms. The Kier molecular flexibility index (Phi) is 7.80. The number of allylic oxidation sites excluding steroid dienone is 2. The van der Waals surface area contributed by atoms with Crippen molar-refractivity contribution in [2.75, 3.05) is 13.2 Å². The van der Waals surface area contributed by atoms with Crippen LogP contribution in [-0.2, 0) is 0 Å². The number of ether oxygens (including phenoxy) is 2. The molecule has 0 aliphatic carbocycles. The maximum atomic E-state index is 12.3. The third-order valence-electron chi connectivity index (χ3n) is 3.69. The highest BCUT2D eigenvalue weighted by Gasteiger charge is 2.20. The van der Waals surface area contributed by atoms with Crippen LogP contribution >= 0.6 is 0 Å². The fourth-order valence-corrected chi connectivity index (χ4v) is 2.47. The number of benzene rings is 1. The number of phenolic OH excluding ortho intramolecular Hbond substituents is 1. The third-order valence-corrected chi connectivity index (χ3v) is 3.69. The van der Waals surface area contributed by atoms with E-state index in [-0.39, 0.29) is 22.8 Å². The third kappa shape index (κ3) is 5.15. The van der Waals surface area contributed by atoms with E-state index in [9.17, 15) is 9.90 Å². The summed E-state index contributed by atoms with van der Waals surface area (Å²) >= 11 is 0. The normalized spacial score (nSPS) is 11.6. The first kappa shape index (κ1) is 19.6. The zero-order valence-corrected chi connectivity index (χ0v) is 15.4. The molecule has 1 N–H and O–H groups in total. The Morgan fingerprint density at radius 1 is 0.962 bits per heavy atom. The minimum absolute atomic E-state index is 0.00312. The quantitative estimate of drug-likeness (QED) is 0.369. The fraction of sp³-hybridized carbons (Fsp3) is 0.381. The first-order chi connectivity index (χ1) is 12.7. The van der Waals surface area contributed by atoms with Crippen LogP contribution in [0.2, 0.25) is 0 Å². The lowest BCUT2D eigenvalue weighted by Crippen LogP contribution is -2.11. The van der Waals surface area contributed by atoms with Crippen LogP contribution in [0.1, 0.15) is 39.5 Å². The van der Waals surface area contributed by atoms with Gasteiger partial charge in [0.15, 0.2) is 5.75 Å². The number of hydrogen-bond donors (Lipinski definition) is 1. The molecule has 1 aromatic carbocycles. The Hall–Kier alpha value is -2.69. The second kappa shape index (κ2) is 10.3. The molecule has 5 heteroatoms. The largest absolute Gasteiger partial charge is 0.507 e. The Morgan fingerprint density at radius 3 is 2.19 bits per heavy atom. The van der Waals surface area contributed by atoms with Gasteiger partial charge in [-0.3, -0.25) is 0 Å². The first-order valence-electron chi connectivity index (χ1n) is 9.03. The zero-order chi connectivity index (χ0) is 18.8. The monoisotopic (exact) mass is 358 g/mol. The van der Waals surface area contributed by atoms with Crippen molar-refractivity contribution in [2.45, 2.75) is 39.5 Å². The lowest BCUT2D eigenvalue weighted by Gasteiger charge is -2.13. The maximum absolute atomic E-state index is 12.3. The van der Waals surface area contributed by atoms with E-state index in [1.165, 1.54) is 6.07 Å². The van der Waals surface area contributed by atoms with Gasteiger partial charge in [-0.2, -0.15) is 0 Å². The van der Waals surface area contributed by atoms with Crippen LogP contribution in [0.5, 0.6) is 17.2 Å². The molecule has 0 unspecified atom stereocenters. The average molecular weight is 358 g/mol. The Bertz CT molecular complexity index is 817. The van der Waals surface area contributed by atoms with Crippen LogP contribution in [0.15, 0.2) is 51.7 Å². The van der Waals surface area contributed by atoms with Crippen molar-refractivity contribution < 1.29 is 19.0 Å². The molecule has 0 aliphatic heterocycles. The topological polar surface area (TPSA) is 68.9 Å². The van der Waals surface area contributed by atoms with Gasteiger partial charge in [0.2, 0.25) is 5.75 Å². The van der Waals surface area contributed by atoms with E-state index < -0.39 is 5.63 Å². The van der Waals surface area contributed by atoms with Crippen LogP contribution in [-0.4, -0.2) is 18.3 Å². The van der Waals surface area contributed by atoms with Crippen LogP contribution in [0.3, 0.4) is 0 Å². The fourth-order valence-electron chi connectivity index (χ4n) is 2.47. The van der Waals surface area contributed by atoms with Crippen molar-refractivity contribution >= 4 is 11.0 Å². The molecule has 0 fully saturated rings. The summed E-state index contributed by atoms with van der Waals surface area (Å²) in [6.45, 7) is 4.81. The van der Waals surface area contributed by atoms with Gasteiger partial charge in [0.1, 0.15) is 16.7 Å². The van der Waals surface area contributed by atoms with Crippen molar-refractivity contribution in [2.24, 2.45) is 0 Å². The Labute approximate surface area is 153 Å². The summed E-state index contributed by atoms with van der Waals surface area (Å²) in [5.41, 5.74) is -0.339. The summed E-state index contributed by atoms with van der Waals surface area (Å²) < 4.78 is 16.8. The van der Waals surface area contributed by atoms with Crippen LogP contribution < -0.4 is 15.1 Å². The molecule has 2 aromatic rings. The maximum Gasteiger partial charge on any atom is 0.383 e. The molecular weight excluding hydrogens is 332 g/mol. The van der Waals surface area contributed by atoms with E-state index in [4.69, 9.17) is 13.9 Å². The number of rotatable bonds is 10. The SMILES string of the molecule is CCC=CCCOc1c(OCCC=CCC)c2c(O)cccc2oc1=O. The van der Waals surface area contributed by atoms with Gasteiger partial charge in [-0.05, 0) is 37.8 Å². The van der Waals surface area contributed by atoms with Crippen LogP contribution in [0, 0.1) is 0 Å². The van der Waals surface area contributed by atoms with Crippen molar-refractivity contribution in [3.05, 3.63) is 52.9 Å². The molecule has 0 aliphatic rings. The van der Waals surface area contributed by atoms with Crippen LogP contribution in [0.25, 0.3) is 11.0 Å². The Morgan fingerprint density at radius 2 is 1.58 bits per heavy atom. The molecule has 1 heterocycles. The minimum atomic E-state index is -0.610. The van der Waals surface area contributed by atoms with Crippen molar-refractivity contribution in [3.63, 3.8) is 0 Å². The van der Waals surface area contributed by atoms with Gasteiger partial charge in [0.25, 0.3) is 0 Å². The number of fused-ring (bicyclic) bond motifs is 1. The summed E-state index contributed by atoms with van der Waals surface area (Å²) in [7, 11) is 0. The van der Waals surface area contributed by atoms with Crippen molar-refractivity contribution in [1.82, 2.24) is 0 Å². The summed E-state index contributed by atoms with van der Waals surface area (Å²) in [5, 5.41) is 10.6. The second-order valence-corrected chi connectivity index (χ2v) is 5.73. The lowest BCUT2D eigenvalue weighted by atomic mass is 10.2. The van der Waals surface area contributed by atoms with Crippen LogP contribution in [0.4, 0.5) is 0 Å². The molecule has 0 saturated heterocycles. The molecule has 0 saturated carbocycles. The molecule has 0 atom stereocenters. The summed E-state index contributed by atoms with van der Waals surface area (Å²) in [5.74, 6) is 0.225. The molecule has 0 spiro atoms. The second-order valence-electron chi connectivity index (χ2n) is 5.73. The summed E-state index contributed by atoms with van der Waals surface area (Å²) in [6, 6.07) is 4.76. The summed E-state index contributed by atoms with van der Waals surface area (Å²) in [6.07, 6.45) is 11.4. The molecule has 0 amide bonds. The molecule has 26 heavy (non-hydrogen) atoms. The molecule has 5 nitrogen and oxygen atoms in total. The van der Waals surface area contributed by atoms with E-state index in [0.717, 1.165) is 12.8 Å². The standard InChI is InChI=1S/C21H26O5/c1-3-5-7-9-14-24-19-18-16(22)12-11-13-17(18)26-21(23)20(19)25-15-10-8-6-4-2/h5-8,11-13,22H,3-4,9-10,14-15H2,1-2H3. The van der Waals surface area contributed by atoms with E-state index in [0.29, 0.717) is 31.4 Å². The van der Waals surface area contributed by atoms with Crippen molar-refractivity contribution in [1.29, 1.82) is 0 Å². The highest BCUT2D eigenvalue weighted by molar-refractivity contribution is 5.91. The highest BCUT2D eigenvalue weighted by atomic mass is 16.5. The van der Waals surface area contributed by atoms with Gasteiger partial charge < -0.3 is 19.0 Å². The van der Waals surface area contributed by atoms with E-state index in [1.54, 1.807) is 12.1 Å². The molecular formula is C21H26O5. The predicted octanol–water partition coefficient (Wildman–Crippen LogP) is 4.97. The summed E-state index contributed by atoms with van der Waals surface area (Å²) in [4.78, 5) is 12.3. The molecule has 2 rings (SSSR count). The van der Waals surface area contributed by atoms with Gasteiger partial charge in [0, 0.05) is 0 Å². The van der Waals surface area contributed by atoms with Gasteiger partial charge in [-0.15, -0.1) is 0 Å². The minimum Gasteiger partial charge on any atom is -0.507 e. The first-order valence-corrected chi connectivity index (χ1v) is 9.03. The average Bonchev–Trinajstić information content (AvgIpc) is 2.62. The van der Waals surface area contributed by atoms with Gasteiger partial charge in [-0.1, -0.05) is 44.2 Å². The molecule has 1 aromatic heterocycles. The van der Waals surface area contributed by atoms with E-state index in [1.807, 2.05) is 18.2 Å². The number of hydrogen-bond acceptors (Lipinski definition) is 5. The number of phenols is 1. The van der Waals surface area contributed by atoms with Gasteiger partial charge in [0.05, 0.1) is 13.2 Å². The predicted molar refractivity (Wildman–Crippen MR) is 103 cm³/mol. The molecule has 0 radical (unpaired) electrons. The molecule has 140 valence electrons. The van der Waals surface area contributed by atoms with Crippen molar-refractivity contribution in [3.8, 4) is 17.2 Å². The number of aromatic hydroxyl groups is 1. The lowest BCUT2D eigenvalue weighted by molar-refractivity contribution is 0.264. The zero-order valence-electron chi connectivity index (χ0n) is 15.4. The highest BCUT2D eigenvalue weighted by Crippen LogP contribution is 2.38. The van der Waals surface area contributed by atoms with E-state index in [2.05, 4.69) is 19.9 Å². The van der Waals surface area contributed by atoms with Gasteiger partial charge in [-0.25, -0.2) is 4.79 Å². The Balaban J connectivity index is 2.31. The van der Waals surface area contributed by atoms with E-state index >= 15 is 0 Å². The van der Waals surface area contributed by atoms with Gasteiger partial charge >= 0.3 is 5.63 Å².